The Kier molecular flexibility index (Phi) is 3.98. The fourth-order valence-electron chi connectivity index (χ4n) is 1.58. The molecule has 0 spiro atoms. The van der Waals surface area contributed by atoms with Crippen LogP contribution in [-0.4, -0.2) is 16.5 Å². The Bertz CT molecular complexity index is 682. The summed E-state index contributed by atoms with van der Waals surface area (Å²) >= 11 is 5.88. The molecule has 0 saturated heterocycles. The Morgan fingerprint density at radius 3 is 3.11 bits per heavy atom. The molecule has 0 atom stereocenters. The van der Waals surface area contributed by atoms with Crippen molar-refractivity contribution in [3.05, 3.63) is 39.4 Å². The van der Waals surface area contributed by atoms with Crippen LogP contribution in [-0.2, 0) is 6.54 Å². The molecule has 0 amide bonds. The van der Waals surface area contributed by atoms with Gasteiger partial charge in [0.15, 0.2) is 0 Å². The second kappa shape index (κ2) is 5.67. The monoisotopic (exact) mass is 261 g/mol. The van der Waals surface area contributed by atoms with Crippen molar-refractivity contribution in [3.8, 4) is 11.8 Å². The summed E-state index contributed by atoms with van der Waals surface area (Å²) in [5, 5.41) is 4.17. The minimum absolute atomic E-state index is 0.157. The number of benzene rings is 1. The normalized spacial score (nSPS) is 10.1. The van der Waals surface area contributed by atoms with Gasteiger partial charge in [-0.3, -0.25) is 10.1 Å². The van der Waals surface area contributed by atoms with Gasteiger partial charge in [-0.15, -0.1) is 5.92 Å². The van der Waals surface area contributed by atoms with E-state index in [1.54, 1.807) is 25.1 Å². The van der Waals surface area contributed by atoms with Gasteiger partial charge in [-0.05, 0) is 25.1 Å². The Morgan fingerprint density at radius 2 is 2.33 bits per heavy atom. The highest BCUT2D eigenvalue weighted by Gasteiger charge is 2.03. The van der Waals surface area contributed by atoms with Gasteiger partial charge in [0.05, 0.1) is 24.0 Å². The van der Waals surface area contributed by atoms with Crippen molar-refractivity contribution >= 4 is 22.5 Å². The maximum atomic E-state index is 11.8. The number of H-pyrrole nitrogens is 1. The van der Waals surface area contributed by atoms with Crippen LogP contribution in [0.15, 0.2) is 23.0 Å². The van der Waals surface area contributed by atoms with Crippen molar-refractivity contribution in [3.63, 3.8) is 0 Å². The van der Waals surface area contributed by atoms with Crippen LogP contribution in [0.4, 0.5) is 0 Å². The maximum absolute atomic E-state index is 11.8. The first kappa shape index (κ1) is 12.6. The summed E-state index contributed by atoms with van der Waals surface area (Å²) in [4.78, 5) is 18.9. The zero-order valence-corrected chi connectivity index (χ0v) is 10.6. The van der Waals surface area contributed by atoms with Crippen LogP contribution in [0.1, 0.15) is 12.7 Å². The average Bonchev–Trinajstić information content (AvgIpc) is 2.34. The number of hydrogen-bond acceptors (Lipinski definition) is 3. The highest BCUT2D eigenvalue weighted by atomic mass is 35.5. The fraction of sp³-hybridized carbons (Fsp3) is 0.231. The lowest BCUT2D eigenvalue weighted by atomic mass is 10.2. The Hall–Kier alpha value is -1.83. The quantitative estimate of drug-likeness (QED) is 0.653. The van der Waals surface area contributed by atoms with Gasteiger partial charge in [0.2, 0.25) is 0 Å². The summed E-state index contributed by atoms with van der Waals surface area (Å²) in [5.74, 6) is 6.23. The van der Waals surface area contributed by atoms with E-state index >= 15 is 0 Å². The third-order valence-corrected chi connectivity index (χ3v) is 2.64. The van der Waals surface area contributed by atoms with E-state index in [2.05, 4.69) is 27.1 Å². The molecule has 92 valence electrons. The summed E-state index contributed by atoms with van der Waals surface area (Å²) in [7, 11) is 0. The lowest BCUT2D eigenvalue weighted by Gasteiger charge is -2.03. The predicted molar refractivity (Wildman–Crippen MR) is 72.5 cm³/mol. The van der Waals surface area contributed by atoms with Crippen LogP contribution in [0, 0.1) is 11.8 Å². The largest absolute Gasteiger partial charge is 0.309 e. The number of nitrogens with one attached hydrogen (secondary N) is 2. The summed E-state index contributed by atoms with van der Waals surface area (Å²) in [5.41, 5.74) is 0.444. The molecule has 0 fully saturated rings. The maximum Gasteiger partial charge on any atom is 0.258 e. The van der Waals surface area contributed by atoms with Crippen molar-refractivity contribution in [2.45, 2.75) is 13.5 Å². The van der Waals surface area contributed by atoms with Crippen LogP contribution in [0.5, 0.6) is 0 Å². The molecule has 1 aromatic carbocycles. The minimum atomic E-state index is -0.157. The molecule has 1 heterocycles. The van der Waals surface area contributed by atoms with E-state index in [4.69, 9.17) is 11.6 Å². The average molecular weight is 262 g/mol. The summed E-state index contributed by atoms with van der Waals surface area (Å²) < 4.78 is 0. The predicted octanol–water partition coefficient (Wildman–Crippen LogP) is 1.69. The molecule has 0 aliphatic rings. The second-order valence-electron chi connectivity index (χ2n) is 3.70. The number of hydrogen-bond donors (Lipinski definition) is 2. The third kappa shape index (κ3) is 2.89. The number of aromatic nitrogens is 2. The number of fused-ring (bicyclic) bond motifs is 1. The zero-order valence-electron chi connectivity index (χ0n) is 9.88. The standard InChI is InChI=1S/C13H12ClN3O/c1-2-3-6-15-8-12-16-11-7-9(14)4-5-10(11)13(18)17-12/h4-5,7,15H,6,8H2,1H3,(H,16,17,18). The van der Waals surface area contributed by atoms with Crippen molar-refractivity contribution in [1.29, 1.82) is 0 Å². The van der Waals surface area contributed by atoms with Crippen LogP contribution in [0.25, 0.3) is 10.9 Å². The molecular formula is C13H12ClN3O. The zero-order chi connectivity index (χ0) is 13.0. The van der Waals surface area contributed by atoms with E-state index in [1.807, 2.05) is 0 Å². The Labute approximate surface area is 109 Å². The first-order valence-corrected chi connectivity index (χ1v) is 5.87. The van der Waals surface area contributed by atoms with E-state index in [9.17, 15) is 4.79 Å². The molecule has 5 heteroatoms. The number of rotatable bonds is 3. The van der Waals surface area contributed by atoms with Gasteiger partial charge in [0.25, 0.3) is 5.56 Å². The molecule has 0 aliphatic carbocycles. The van der Waals surface area contributed by atoms with Crippen molar-refractivity contribution in [2.75, 3.05) is 6.54 Å². The summed E-state index contributed by atoms with van der Waals surface area (Å²) in [6, 6.07) is 5.03. The molecule has 1 aromatic heterocycles. The Morgan fingerprint density at radius 1 is 1.50 bits per heavy atom. The van der Waals surface area contributed by atoms with E-state index in [0.717, 1.165) is 0 Å². The van der Waals surface area contributed by atoms with Crippen LogP contribution >= 0.6 is 11.6 Å². The minimum Gasteiger partial charge on any atom is -0.309 e. The molecule has 4 nitrogen and oxygen atoms in total. The van der Waals surface area contributed by atoms with Crippen molar-refractivity contribution in [1.82, 2.24) is 15.3 Å². The second-order valence-corrected chi connectivity index (χ2v) is 4.14. The Balaban J connectivity index is 2.29. The number of nitrogens with zero attached hydrogens (tertiary/aromatic N) is 1. The molecule has 0 bridgehead atoms. The lowest BCUT2D eigenvalue weighted by Crippen LogP contribution is -2.19. The van der Waals surface area contributed by atoms with E-state index < -0.39 is 0 Å². The smallest absolute Gasteiger partial charge is 0.258 e. The summed E-state index contributed by atoms with van der Waals surface area (Å²) in [6.07, 6.45) is 0. The van der Waals surface area contributed by atoms with Gasteiger partial charge in [-0.25, -0.2) is 4.98 Å². The molecule has 2 N–H and O–H groups in total. The molecule has 2 aromatic rings. The van der Waals surface area contributed by atoms with Gasteiger partial charge < -0.3 is 4.98 Å². The van der Waals surface area contributed by atoms with E-state index in [0.29, 0.717) is 34.8 Å². The topological polar surface area (TPSA) is 57.8 Å². The molecule has 0 aliphatic heterocycles. The van der Waals surface area contributed by atoms with Gasteiger partial charge in [0.1, 0.15) is 5.82 Å². The first-order chi connectivity index (χ1) is 8.70. The van der Waals surface area contributed by atoms with Crippen LogP contribution < -0.4 is 10.9 Å². The highest BCUT2D eigenvalue weighted by Crippen LogP contribution is 2.14. The van der Waals surface area contributed by atoms with Gasteiger partial charge in [0, 0.05) is 5.02 Å². The molecular weight excluding hydrogens is 250 g/mol. The number of aromatic amines is 1. The molecule has 18 heavy (non-hydrogen) atoms. The molecule has 2 rings (SSSR count). The van der Waals surface area contributed by atoms with Gasteiger partial charge in [-0.2, -0.15) is 0 Å². The van der Waals surface area contributed by atoms with E-state index in [-0.39, 0.29) is 5.56 Å². The van der Waals surface area contributed by atoms with Crippen LogP contribution in [0.2, 0.25) is 5.02 Å². The summed E-state index contributed by atoms with van der Waals surface area (Å²) in [6.45, 7) is 2.81. The van der Waals surface area contributed by atoms with Crippen molar-refractivity contribution < 1.29 is 0 Å². The highest BCUT2D eigenvalue weighted by molar-refractivity contribution is 6.31. The first-order valence-electron chi connectivity index (χ1n) is 5.49. The lowest BCUT2D eigenvalue weighted by molar-refractivity contribution is 0.724. The van der Waals surface area contributed by atoms with Crippen molar-refractivity contribution in [2.24, 2.45) is 0 Å². The molecule has 0 saturated carbocycles. The number of halogens is 1. The van der Waals surface area contributed by atoms with E-state index in [1.165, 1.54) is 0 Å². The third-order valence-electron chi connectivity index (χ3n) is 2.40. The molecule has 0 unspecified atom stereocenters. The SMILES string of the molecule is CC#CCNCc1nc2cc(Cl)ccc2c(=O)[nH]1. The molecule has 0 radical (unpaired) electrons. The van der Waals surface area contributed by atoms with Crippen LogP contribution in [0.3, 0.4) is 0 Å². The fourth-order valence-corrected chi connectivity index (χ4v) is 1.74. The van der Waals surface area contributed by atoms with Gasteiger partial charge in [-0.1, -0.05) is 17.5 Å². The van der Waals surface area contributed by atoms with Gasteiger partial charge >= 0.3 is 0 Å².